The quantitative estimate of drug-likeness (QED) is 0.482. The number of carbonyl (C=O) groups is 1. The molecule has 0 radical (unpaired) electrons. The minimum absolute atomic E-state index is 0.599. The number of nitrogens with zero attached hydrogens (tertiary/aromatic N) is 2. The number of benzene rings is 1. The Balaban J connectivity index is 2.63. The summed E-state index contributed by atoms with van der Waals surface area (Å²) in [6.07, 6.45) is 0. The van der Waals surface area contributed by atoms with Crippen molar-refractivity contribution >= 4 is 11.6 Å². The summed E-state index contributed by atoms with van der Waals surface area (Å²) in [5.41, 5.74) is 4.72. The van der Waals surface area contributed by atoms with Crippen LogP contribution in [0.5, 0.6) is 0 Å². The first-order valence-electron chi connectivity index (χ1n) is 5.01. The molecule has 0 spiro atoms. The van der Waals surface area contributed by atoms with Crippen LogP contribution in [0.1, 0.15) is 18.1 Å². The van der Waals surface area contributed by atoms with Crippen molar-refractivity contribution in [3.8, 4) is 0 Å². The van der Waals surface area contributed by atoms with Crippen molar-refractivity contribution in [3.05, 3.63) is 45.5 Å². The van der Waals surface area contributed by atoms with E-state index in [9.17, 15) is 14.9 Å². The molecule has 6 heteroatoms. The molecule has 0 heterocycles. The predicted molar refractivity (Wildman–Crippen MR) is 63.4 cm³/mol. The number of carbonyl (C=O) groups excluding carboxylic acids is 1. The fourth-order valence-corrected chi connectivity index (χ4v) is 1.16. The molecule has 0 aromatic heterocycles. The number of hydrogen-bond donors (Lipinski definition) is 1. The van der Waals surface area contributed by atoms with Gasteiger partial charge in [-0.3, -0.25) is 14.9 Å². The number of hydrogen-bond acceptors (Lipinski definition) is 4. The topological polar surface area (TPSA) is 84.6 Å². The molecule has 0 bridgehead atoms. The van der Waals surface area contributed by atoms with Gasteiger partial charge >= 0.3 is 5.91 Å². The van der Waals surface area contributed by atoms with E-state index in [0.717, 1.165) is 11.1 Å². The van der Waals surface area contributed by atoms with Crippen LogP contribution in [0.25, 0.3) is 0 Å². The van der Waals surface area contributed by atoms with Crippen LogP contribution in [-0.4, -0.2) is 23.1 Å². The van der Waals surface area contributed by atoms with Crippen molar-refractivity contribution in [2.45, 2.75) is 13.8 Å². The van der Waals surface area contributed by atoms with Crippen molar-refractivity contribution < 1.29 is 9.72 Å². The Labute approximate surface area is 98.5 Å². The van der Waals surface area contributed by atoms with E-state index in [0.29, 0.717) is 5.71 Å². The second-order valence-electron chi connectivity index (χ2n) is 3.59. The molecule has 1 aromatic carbocycles. The largest absolute Gasteiger partial charge is 0.311 e. The van der Waals surface area contributed by atoms with Crippen molar-refractivity contribution in [1.29, 1.82) is 0 Å². The molecule has 0 aliphatic rings. The minimum Gasteiger partial charge on any atom is -0.265 e. The van der Waals surface area contributed by atoms with Crippen LogP contribution < -0.4 is 5.43 Å². The number of nitro groups is 1. The predicted octanol–water partition coefficient (Wildman–Crippen LogP) is 1.11. The van der Waals surface area contributed by atoms with E-state index in [4.69, 9.17) is 0 Å². The van der Waals surface area contributed by atoms with Crippen LogP contribution in [0.3, 0.4) is 0 Å². The highest BCUT2D eigenvalue weighted by molar-refractivity contribution is 5.99. The Morgan fingerprint density at radius 1 is 1.41 bits per heavy atom. The van der Waals surface area contributed by atoms with Gasteiger partial charge in [-0.2, -0.15) is 5.10 Å². The molecule has 0 aliphatic heterocycles. The van der Waals surface area contributed by atoms with Gasteiger partial charge in [0.05, 0.1) is 5.71 Å². The maximum atomic E-state index is 11.0. The third-order valence-electron chi connectivity index (χ3n) is 2.09. The third-order valence-corrected chi connectivity index (χ3v) is 2.09. The first kappa shape index (κ1) is 12.8. The summed E-state index contributed by atoms with van der Waals surface area (Å²) < 4.78 is 0. The molecule has 1 amide bonds. The summed E-state index contributed by atoms with van der Waals surface area (Å²) in [6, 6.07) is 7.59. The van der Waals surface area contributed by atoms with Gasteiger partial charge in [0.1, 0.15) is 0 Å². The van der Waals surface area contributed by atoms with Gasteiger partial charge in [0, 0.05) is 4.92 Å². The van der Waals surface area contributed by atoms with Gasteiger partial charge < -0.3 is 0 Å². The van der Waals surface area contributed by atoms with E-state index in [2.05, 4.69) is 10.5 Å². The second kappa shape index (κ2) is 5.74. The van der Waals surface area contributed by atoms with Crippen molar-refractivity contribution in [3.63, 3.8) is 0 Å². The molecule has 1 rings (SSSR count). The highest BCUT2D eigenvalue weighted by Crippen LogP contribution is 2.03. The molecular formula is C11H13N3O3. The molecule has 1 N–H and O–H groups in total. The van der Waals surface area contributed by atoms with Crippen LogP contribution >= 0.6 is 0 Å². The Kier molecular flexibility index (Phi) is 4.33. The number of nitrogens with one attached hydrogen (secondary N) is 1. The van der Waals surface area contributed by atoms with Gasteiger partial charge in [-0.05, 0) is 19.4 Å². The minimum atomic E-state index is -0.773. The molecule has 0 atom stereocenters. The zero-order chi connectivity index (χ0) is 12.8. The van der Waals surface area contributed by atoms with Crippen molar-refractivity contribution in [1.82, 2.24) is 5.43 Å². The van der Waals surface area contributed by atoms with E-state index in [1.807, 2.05) is 31.2 Å². The van der Waals surface area contributed by atoms with Crippen LogP contribution in [0.15, 0.2) is 29.4 Å². The molecule has 1 aromatic rings. The lowest BCUT2D eigenvalue weighted by molar-refractivity contribution is -0.467. The maximum Gasteiger partial charge on any atom is 0.311 e. The average Bonchev–Trinajstić information content (AvgIpc) is 2.26. The van der Waals surface area contributed by atoms with Gasteiger partial charge in [0.25, 0.3) is 6.54 Å². The highest BCUT2D eigenvalue weighted by atomic mass is 16.6. The van der Waals surface area contributed by atoms with Gasteiger partial charge in [-0.15, -0.1) is 0 Å². The number of amides is 1. The molecule has 0 unspecified atom stereocenters. The summed E-state index contributed by atoms with van der Waals surface area (Å²) in [6.45, 7) is 2.91. The molecule has 6 nitrogen and oxygen atoms in total. The molecule has 90 valence electrons. The maximum absolute atomic E-state index is 11.0. The smallest absolute Gasteiger partial charge is 0.265 e. The Morgan fingerprint density at radius 3 is 2.53 bits per heavy atom. The van der Waals surface area contributed by atoms with E-state index in [1.165, 1.54) is 0 Å². The van der Waals surface area contributed by atoms with Gasteiger partial charge in [-0.1, -0.05) is 29.8 Å². The summed E-state index contributed by atoms with van der Waals surface area (Å²) in [7, 11) is 0. The fraction of sp³-hybridized carbons (Fsp3) is 0.273. The lowest BCUT2D eigenvalue weighted by Gasteiger charge is -2.01. The van der Waals surface area contributed by atoms with Crippen LogP contribution in [0.4, 0.5) is 0 Å². The summed E-state index contributed by atoms with van der Waals surface area (Å²) in [5, 5.41) is 13.8. The standard InChI is InChI=1S/C11H13N3O3/c1-8-3-5-10(6-4-8)9(2)12-13-11(15)7-14(16)17/h3-6H,7H2,1-2H3,(H,13,15)/b12-9+. The van der Waals surface area contributed by atoms with Crippen LogP contribution in [0.2, 0.25) is 0 Å². The number of aryl methyl sites for hydroxylation is 1. The van der Waals surface area contributed by atoms with Gasteiger partial charge in [-0.25, -0.2) is 5.43 Å². The Hall–Kier alpha value is -2.24. The average molecular weight is 235 g/mol. The Bertz CT molecular complexity index is 452. The molecule has 0 fully saturated rings. The second-order valence-corrected chi connectivity index (χ2v) is 3.59. The third kappa shape index (κ3) is 4.42. The monoisotopic (exact) mass is 235 g/mol. The van der Waals surface area contributed by atoms with Crippen molar-refractivity contribution in [2.24, 2.45) is 5.10 Å². The van der Waals surface area contributed by atoms with E-state index < -0.39 is 17.4 Å². The number of hydrazone groups is 1. The SMILES string of the molecule is C/C(=N\NC(=O)C[N+](=O)[O-])c1ccc(C)cc1. The lowest BCUT2D eigenvalue weighted by atomic mass is 10.1. The normalized spacial score (nSPS) is 11.1. The van der Waals surface area contributed by atoms with Gasteiger partial charge in [0.2, 0.25) is 0 Å². The summed E-state index contributed by atoms with van der Waals surface area (Å²) in [5.74, 6) is -0.735. The first-order valence-corrected chi connectivity index (χ1v) is 5.01. The molecule has 0 saturated carbocycles. The molecule has 0 saturated heterocycles. The molecular weight excluding hydrogens is 222 g/mol. The number of rotatable bonds is 4. The van der Waals surface area contributed by atoms with E-state index in [-0.39, 0.29) is 0 Å². The van der Waals surface area contributed by atoms with E-state index >= 15 is 0 Å². The first-order chi connectivity index (χ1) is 7.99. The Morgan fingerprint density at radius 2 is 2.00 bits per heavy atom. The van der Waals surface area contributed by atoms with Crippen LogP contribution in [-0.2, 0) is 4.79 Å². The molecule has 0 aliphatic carbocycles. The van der Waals surface area contributed by atoms with E-state index in [1.54, 1.807) is 6.92 Å². The summed E-state index contributed by atoms with van der Waals surface area (Å²) >= 11 is 0. The molecule has 17 heavy (non-hydrogen) atoms. The van der Waals surface area contributed by atoms with Crippen LogP contribution in [0, 0.1) is 17.0 Å². The van der Waals surface area contributed by atoms with Crippen molar-refractivity contribution in [2.75, 3.05) is 6.54 Å². The zero-order valence-corrected chi connectivity index (χ0v) is 9.64. The lowest BCUT2D eigenvalue weighted by Crippen LogP contribution is -2.26. The zero-order valence-electron chi connectivity index (χ0n) is 9.64. The summed E-state index contributed by atoms with van der Waals surface area (Å²) in [4.78, 5) is 20.3. The fourth-order valence-electron chi connectivity index (χ4n) is 1.16. The highest BCUT2D eigenvalue weighted by Gasteiger charge is 2.07. The van der Waals surface area contributed by atoms with Gasteiger partial charge in [0.15, 0.2) is 0 Å².